The third-order valence-electron chi connectivity index (χ3n) is 3.63. The van der Waals surface area contributed by atoms with Gasteiger partial charge in [0.1, 0.15) is 5.82 Å². The minimum absolute atomic E-state index is 0. The van der Waals surface area contributed by atoms with E-state index >= 15 is 0 Å². The molecule has 23 heavy (non-hydrogen) atoms. The Hall–Kier alpha value is -2.34. The number of hydrogen-bond acceptors (Lipinski definition) is 5. The molecule has 0 aliphatic rings. The molecule has 0 aliphatic carbocycles. The van der Waals surface area contributed by atoms with E-state index < -0.39 is 0 Å². The Balaban J connectivity index is 0.00000192. The maximum absolute atomic E-state index is 4.56. The average molecular weight is 333 g/mol. The van der Waals surface area contributed by atoms with Crippen molar-refractivity contribution in [1.82, 2.24) is 19.7 Å². The Morgan fingerprint density at radius 3 is 2.65 bits per heavy atom. The van der Waals surface area contributed by atoms with Gasteiger partial charge in [-0.05, 0) is 25.0 Å². The molecule has 3 aromatic rings. The number of rotatable bonds is 5. The molecule has 0 saturated carbocycles. The summed E-state index contributed by atoms with van der Waals surface area (Å²) >= 11 is 0. The third-order valence-corrected chi connectivity index (χ3v) is 3.63. The molecule has 0 radical (unpaired) electrons. The number of halogens is 1. The molecule has 1 aromatic carbocycles. The van der Waals surface area contributed by atoms with Crippen LogP contribution in [-0.4, -0.2) is 26.3 Å². The second-order valence-corrected chi connectivity index (χ2v) is 5.21. The molecule has 0 aliphatic heterocycles. The normalized spacial score (nSPS) is 10.4. The van der Waals surface area contributed by atoms with Crippen molar-refractivity contribution in [3.05, 3.63) is 41.6 Å². The molecule has 2 heterocycles. The summed E-state index contributed by atoms with van der Waals surface area (Å²) in [6.45, 7) is 5.64. The van der Waals surface area contributed by atoms with Crippen molar-refractivity contribution in [2.24, 2.45) is 7.05 Å². The smallest absolute Gasteiger partial charge is 0.226 e. The summed E-state index contributed by atoms with van der Waals surface area (Å²) in [6, 6.07) is 8.33. The lowest BCUT2D eigenvalue weighted by Crippen LogP contribution is -2.08. The number of hydrogen-bond donors (Lipinski definition) is 2. The second-order valence-electron chi connectivity index (χ2n) is 5.21. The first-order valence-electron chi connectivity index (χ1n) is 7.41. The zero-order valence-electron chi connectivity index (χ0n) is 13.5. The molecule has 0 bridgehead atoms. The minimum atomic E-state index is 0. The molecule has 2 N–H and O–H groups in total. The van der Waals surface area contributed by atoms with E-state index in [1.54, 1.807) is 10.9 Å². The highest BCUT2D eigenvalue weighted by Gasteiger charge is 2.11. The minimum Gasteiger partial charge on any atom is -0.365 e. The van der Waals surface area contributed by atoms with Gasteiger partial charge in [0, 0.05) is 20.1 Å². The van der Waals surface area contributed by atoms with E-state index in [0.717, 1.165) is 29.9 Å². The van der Waals surface area contributed by atoms with E-state index in [9.17, 15) is 0 Å². The van der Waals surface area contributed by atoms with Crippen LogP contribution in [-0.2, 0) is 13.6 Å². The van der Waals surface area contributed by atoms with Crippen LogP contribution in [0, 0.1) is 6.92 Å². The van der Waals surface area contributed by atoms with E-state index in [0.29, 0.717) is 5.95 Å². The number of aryl methyl sites for hydroxylation is 2. The average Bonchev–Trinajstić information content (AvgIpc) is 2.88. The van der Waals surface area contributed by atoms with Gasteiger partial charge in [-0.2, -0.15) is 15.1 Å². The van der Waals surface area contributed by atoms with Gasteiger partial charge < -0.3 is 10.6 Å². The van der Waals surface area contributed by atoms with Crippen LogP contribution in [0.2, 0.25) is 0 Å². The molecule has 6 nitrogen and oxygen atoms in total. The molecule has 0 saturated heterocycles. The topological polar surface area (TPSA) is 67.7 Å². The van der Waals surface area contributed by atoms with E-state index in [1.165, 1.54) is 11.1 Å². The first-order valence-corrected chi connectivity index (χ1v) is 7.41. The van der Waals surface area contributed by atoms with E-state index in [-0.39, 0.29) is 12.4 Å². The number of anilines is 2. The molecule has 0 atom stereocenters. The van der Waals surface area contributed by atoms with Crippen LogP contribution >= 0.6 is 12.4 Å². The molecule has 2 aromatic heterocycles. The van der Waals surface area contributed by atoms with Crippen LogP contribution in [0.4, 0.5) is 11.8 Å². The Bertz CT molecular complexity index is 798. The second kappa shape index (κ2) is 7.28. The van der Waals surface area contributed by atoms with Crippen molar-refractivity contribution in [2.75, 3.05) is 17.2 Å². The van der Waals surface area contributed by atoms with Crippen molar-refractivity contribution in [1.29, 1.82) is 0 Å². The van der Waals surface area contributed by atoms with Crippen molar-refractivity contribution in [3.63, 3.8) is 0 Å². The highest BCUT2D eigenvalue weighted by molar-refractivity contribution is 5.87. The lowest BCUT2D eigenvalue weighted by molar-refractivity contribution is 0.785. The summed E-state index contributed by atoms with van der Waals surface area (Å²) < 4.78 is 1.76. The summed E-state index contributed by atoms with van der Waals surface area (Å²) in [4.78, 5) is 9.06. The molecular weight excluding hydrogens is 312 g/mol. The maximum Gasteiger partial charge on any atom is 0.226 e. The van der Waals surface area contributed by atoms with Crippen LogP contribution in [0.25, 0.3) is 11.0 Å². The van der Waals surface area contributed by atoms with Crippen LogP contribution in [0.1, 0.15) is 18.1 Å². The predicted molar refractivity (Wildman–Crippen MR) is 96.2 cm³/mol. The van der Waals surface area contributed by atoms with Gasteiger partial charge in [-0.15, -0.1) is 12.4 Å². The highest BCUT2D eigenvalue weighted by Crippen LogP contribution is 2.22. The van der Waals surface area contributed by atoms with Gasteiger partial charge >= 0.3 is 0 Å². The van der Waals surface area contributed by atoms with Crippen LogP contribution in [0.5, 0.6) is 0 Å². The fourth-order valence-electron chi connectivity index (χ4n) is 2.38. The summed E-state index contributed by atoms with van der Waals surface area (Å²) in [5, 5.41) is 11.8. The lowest BCUT2D eigenvalue weighted by atomic mass is 10.1. The summed E-state index contributed by atoms with van der Waals surface area (Å²) in [6.07, 6.45) is 1.80. The maximum atomic E-state index is 4.56. The molecule has 0 unspecified atom stereocenters. The van der Waals surface area contributed by atoms with Gasteiger partial charge in [-0.3, -0.25) is 4.68 Å². The zero-order chi connectivity index (χ0) is 15.5. The van der Waals surface area contributed by atoms with E-state index in [1.807, 2.05) is 26.1 Å². The first-order chi connectivity index (χ1) is 10.7. The predicted octanol–water partition coefficient (Wildman–Crippen LogP) is 3.14. The van der Waals surface area contributed by atoms with Crippen LogP contribution < -0.4 is 10.6 Å². The molecule has 7 heteroatoms. The number of nitrogens with zero attached hydrogens (tertiary/aromatic N) is 4. The first kappa shape index (κ1) is 17.0. The standard InChI is InChI=1S/C16H20N6.ClH/c1-4-17-16-20-14(13-10-19-22(3)15(13)21-16)18-9-12-8-6-5-7-11(12)2;/h5-8,10H,4,9H2,1-3H3,(H2,17,18,20,21);1H. The van der Waals surface area contributed by atoms with Gasteiger partial charge in [0.2, 0.25) is 5.95 Å². The Labute approximate surface area is 141 Å². The molecule has 0 fully saturated rings. The number of aromatic nitrogens is 4. The van der Waals surface area contributed by atoms with Gasteiger partial charge in [0.15, 0.2) is 5.65 Å². The molecular formula is C16H21ClN6. The fourth-order valence-corrected chi connectivity index (χ4v) is 2.38. The summed E-state index contributed by atoms with van der Waals surface area (Å²) in [5.74, 6) is 1.42. The number of nitrogens with one attached hydrogen (secondary N) is 2. The zero-order valence-corrected chi connectivity index (χ0v) is 14.3. The number of benzene rings is 1. The van der Waals surface area contributed by atoms with Gasteiger partial charge in [-0.1, -0.05) is 24.3 Å². The van der Waals surface area contributed by atoms with Crippen molar-refractivity contribution in [2.45, 2.75) is 20.4 Å². The molecule has 3 rings (SSSR count). The van der Waals surface area contributed by atoms with Gasteiger partial charge in [0.25, 0.3) is 0 Å². The van der Waals surface area contributed by atoms with Crippen LogP contribution in [0.3, 0.4) is 0 Å². The van der Waals surface area contributed by atoms with Crippen molar-refractivity contribution >= 4 is 35.2 Å². The lowest BCUT2D eigenvalue weighted by Gasteiger charge is -2.11. The SMILES string of the molecule is CCNc1nc(NCc2ccccc2C)c2cnn(C)c2n1.Cl. The van der Waals surface area contributed by atoms with Crippen LogP contribution in [0.15, 0.2) is 30.5 Å². The molecule has 0 amide bonds. The molecule has 0 spiro atoms. The quantitative estimate of drug-likeness (QED) is 0.751. The fraction of sp³-hybridized carbons (Fsp3) is 0.312. The van der Waals surface area contributed by atoms with Gasteiger partial charge in [-0.25, -0.2) is 0 Å². The Kier molecular flexibility index (Phi) is 5.39. The Morgan fingerprint density at radius 2 is 1.91 bits per heavy atom. The van der Waals surface area contributed by atoms with E-state index in [4.69, 9.17) is 0 Å². The Morgan fingerprint density at radius 1 is 1.13 bits per heavy atom. The summed E-state index contributed by atoms with van der Waals surface area (Å²) in [5.41, 5.74) is 3.33. The largest absolute Gasteiger partial charge is 0.365 e. The van der Waals surface area contributed by atoms with E-state index in [2.05, 4.69) is 44.8 Å². The highest BCUT2D eigenvalue weighted by atomic mass is 35.5. The monoisotopic (exact) mass is 332 g/mol. The van der Waals surface area contributed by atoms with Crippen molar-refractivity contribution < 1.29 is 0 Å². The summed E-state index contributed by atoms with van der Waals surface area (Å²) in [7, 11) is 1.89. The molecule has 122 valence electrons. The third kappa shape index (κ3) is 3.53. The van der Waals surface area contributed by atoms with Crippen molar-refractivity contribution in [3.8, 4) is 0 Å². The van der Waals surface area contributed by atoms with Gasteiger partial charge in [0.05, 0.1) is 11.6 Å². The number of fused-ring (bicyclic) bond motifs is 1.